The summed E-state index contributed by atoms with van der Waals surface area (Å²) in [6.45, 7) is 1.68. The van der Waals surface area contributed by atoms with Gasteiger partial charge in [0.15, 0.2) is 5.65 Å². The Morgan fingerprint density at radius 3 is 2.50 bits per heavy atom. The quantitative estimate of drug-likeness (QED) is 0.622. The van der Waals surface area contributed by atoms with Gasteiger partial charge in [-0.1, -0.05) is 23.2 Å². The number of halogens is 3. The van der Waals surface area contributed by atoms with Crippen molar-refractivity contribution in [2.75, 3.05) is 13.1 Å². The van der Waals surface area contributed by atoms with E-state index in [0.717, 1.165) is 25.9 Å². The summed E-state index contributed by atoms with van der Waals surface area (Å²) in [4.78, 5) is 14.6. The maximum Gasteiger partial charge on any atom is 0.251 e. The van der Waals surface area contributed by atoms with Gasteiger partial charge in [0, 0.05) is 17.0 Å². The Balaban J connectivity index is 0.00000225. The van der Waals surface area contributed by atoms with Crippen molar-refractivity contribution in [3.63, 3.8) is 0 Å². The van der Waals surface area contributed by atoms with Crippen molar-refractivity contribution in [2.45, 2.75) is 28.6 Å². The molecular formula is C17H17Cl3N4O3S. The molecule has 2 aromatic heterocycles. The second-order valence-corrected chi connectivity index (χ2v) is 9.16. The summed E-state index contributed by atoms with van der Waals surface area (Å²) in [5.41, 5.74) is 0.483. The maximum atomic E-state index is 13.1. The fourth-order valence-corrected chi connectivity index (χ4v) is 5.50. The van der Waals surface area contributed by atoms with Crippen LogP contribution >= 0.6 is 35.6 Å². The number of H-pyrrole nitrogens is 1. The van der Waals surface area contributed by atoms with Gasteiger partial charge in [0.25, 0.3) is 5.56 Å². The minimum absolute atomic E-state index is 0. The van der Waals surface area contributed by atoms with Gasteiger partial charge in [0.2, 0.25) is 9.84 Å². The zero-order valence-electron chi connectivity index (χ0n) is 14.5. The van der Waals surface area contributed by atoms with Gasteiger partial charge in [0.1, 0.15) is 4.90 Å². The van der Waals surface area contributed by atoms with E-state index in [1.54, 1.807) is 0 Å². The van der Waals surface area contributed by atoms with Crippen molar-refractivity contribution in [1.29, 1.82) is 0 Å². The largest absolute Gasteiger partial charge is 0.317 e. The highest BCUT2D eigenvalue weighted by atomic mass is 35.5. The van der Waals surface area contributed by atoms with E-state index in [1.807, 2.05) is 0 Å². The van der Waals surface area contributed by atoms with Gasteiger partial charge in [-0.2, -0.15) is 5.10 Å². The molecule has 28 heavy (non-hydrogen) atoms. The van der Waals surface area contributed by atoms with Crippen LogP contribution in [0.15, 0.2) is 45.0 Å². The Morgan fingerprint density at radius 1 is 1.11 bits per heavy atom. The molecule has 3 heterocycles. The Labute approximate surface area is 177 Å². The zero-order chi connectivity index (χ0) is 19.2. The van der Waals surface area contributed by atoms with Crippen LogP contribution in [0.25, 0.3) is 5.65 Å². The highest BCUT2D eigenvalue weighted by molar-refractivity contribution is 7.91. The van der Waals surface area contributed by atoms with E-state index in [1.165, 1.54) is 35.0 Å². The molecule has 1 aromatic carbocycles. The third-order valence-corrected chi connectivity index (χ3v) is 7.20. The fraction of sp³-hybridized carbons (Fsp3) is 0.294. The van der Waals surface area contributed by atoms with Crippen LogP contribution in [0.1, 0.15) is 24.5 Å². The average Bonchev–Trinajstić information content (AvgIpc) is 3.06. The van der Waals surface area contributed by atoms with Crippen molar-refractivity contribution < 1.29 is 8.42 Å². The molecule has 0 amide bonds. The molecule has 1 aliphatic rings. The number of sulfone groups is 1. The Hall–Kier alpha value is -1.58. The second kappa shape index (κ2) is 8.04. The normalized spacial score (nSPS) is 15.5. The van der Waals surface area contributed by atoms with Crippen LogP contribution in [0.5, 0.6) is 0 Å². The molecule has 1 fully saturated rings. The summed E-state index contributed by atoms with van der Waals surface area (Å²) in [5.74, 6) is 0.130. The molecule has 3 aromatic rings. The van der Waals surface area contributed by atoms with Crippen molar-refractivity contribution in [3.05, 3.63) is 56.6 Å². The predicted octanol–water partition coefficient (Wildman–Crippen LogP) is 3.05. The van der Waals surface area contributed by atoms with Gasteiger partial charge in [-0.25, -0.2) is 12.9 Å². The lowest BCUT2D eigenvalue weighted by Gasteiger charge is -2.23. The molecule has 4 rings (SSSR count). The van der Waals surface area contributed by atoms with Gasteiger partial charge in [-0.15, -0.1) is 12.4 Å². The number of fused-ring (bicyclic) bond motifs is 1. The molecule has 7 nitrogen and oxygen atoms in total. The Morgan fingerprint density at radius 2 is 1.82 bits per heavy atom. The van der Waals surface area contributed by atoms with Crippen LogP contribution in [0.4, 0.5) is 0 Å². The first kappa shape index (κ1) is 21.1. The first-order valence-electron chi connectivity index (χ1n) is 8.40. The minimum atomic E-state index is -3.99. The second-order valence-electron chi connectivity index (χ2n) is 6.43. The van der Waals surface area contributed by atoms with Crippen LogP contribution < -0.4 is 10.9 Å². The number of nitrogens with zero attached hydrogens (tertiary/aromatic N) is 2. The number of aromatic nitrogens is 3. The molecule has 0 bridgehead atoms. The smallest absolute Gasteiger partial charge is 0.251 e. The molecule has 1 aliphatic heterocycles. The highest BCUT2D eigenvalue weighted by Gasteiger charge is 2.28. The van der Waals surface area contributed by atoms with Gasteiger partial charge >= 0.3 is 0 Å². The standard InChI is InChI=1S/C17H16Cl2N4O3S.ClH/c18-11-1-2-14(12(19)7-11)27(25,26)15-9-21-23-13(8-16(24)22-17(15)23)10-3-5-20-6-4-10;/h1-2,7-10,20H,3-6H2,(H,22,24);1H. The first-order valence-corrected chi connectivity index (χ1v) is 10.6. The number of aromatic amines is 1. The van der Waals surface area contributed by atoms with Gasteiger partial charge in [0.05, 0.1) is 21.8 Å². The number of piperidine rings is 1. The van der Waals surface area contributed by atoms with Gasteiger partial charge < -0.3 is 10.3 Å². The van der Waals surface area contributed by atoms with Crippen molar-refractivity contribution >= 4 is 51.1 Å². The molecule has 0 atom stereocenters. The third kappa shape index (κ3) is 3.67. The monoisotopic (exact) mass is 462 g/mol. The van der Waals surface area contributed by atoms with Crippen molar-refractivity contribution in [3.8, 4) is 0 Å². The van der Waals surface area contributed by atoms with Gasteiger partial charge in [-0.3, -0.25) is 4.79 Å². The number of benzene rings is 1. The fourth-order valence-electron chi connectivity index (χ4n) is 3.41. The third-order valence-electron chi connectivity index (χ3n) is 4.73. The van der Waals surface area contributed by atoms with Gasteiger partial charge in [-0.05, 0) is 44.1 Å². The van der Waals surface area contributed by atoms with Crippen molar-refractivity contribution in [1.82, 2.24) is 19.9 Å². The Bertz CT molecular complexity index is 1180. The molecular weight excluding hydrogens is 447 g/mol. The molecule has 0 aliphatic carbocycles. The van der Waals surface area contributed by atoms with Crippen LogP contribution in [-0.2, 0) is 9.84 Å². The van der Waals surface area contributed by atoms with E-state index in [4.69, 9.17) is 23.2 Å². The SMILES string of the molecule is Cl.O=c1cc(C2CCNCC2)n2ncc(S(=O)(=O)c3ccc(Cl)cc3Cl)c2[nH]1. The summed E-state index contributed by atoms with van der Waals surface area (Å²) in [6, 6.07) is 5.65. The maximum absolute atomic E-state index is 13.1. The molecule has 0 unspecified atom stereocenters. The number of hydrogen-bond donors (Lipinski definition) is 2. The number of hydrogen-bond acceptors (Lipinski definition) is 5. The van der Waals surface area contributed by atoms with E-state index in [9.17, 15) is 13.2 Å². The molecule has 0 saturated carbocycles. The van der Waals surface area contributed by atoms with E-state index in [2.05, 4.69) is 15.4 Å². The average molecular weight is 464 g/mol. The van der Waals surface area contributed by atoms with Crippen molar-refractivity contribution in [2.24, 2.45) is 0 Å². The first-order chi connectivity index (χ1) is 12.9. The summed E-state index contributed by atoms with van der Waals surface area (Å²) < 4.78 is 27.8. The molecule has 2 N–H and O–H groups in total. The highest BCUT2D eigenvalue weighted by Crippen LogP contribution is 2.32. The zero-order valence-corrected chi connectivity index (χ0v) is 17.6. The Kier molecular flexibility index (Phi) is 6.07. The van der Waals surface area contributed by atoms with Crippen LogP contribution in [0, 0.1) is 0 Å². The summed E-state index contributed by atoms with van der Waals surface area (Å²) in [5, 5.41) is 7.87. The predicted molar refractivity (Wildman–Crippen MR) is 110 cm³/mol. The molecule has 11 heteroatoms. The van der Waals surface area contributed by atoms with Crippen LogP contribution in [0.2, 0.25) is 10.0 Å². The lowest BCUT2D eigenvalue weighted by molar-refractivity contribution is 0.446. The molecule has 1 saturated heterocycles. The lowest BCUT2D eigenvalue weighted by atomic mass is 9.94. The molecule has 150 valence electrons. The topological polar surface area (TPSA) is 96.3 Å². The minimum Gasteiger partial charge on any atom is -0.317 e. The lowest BCUT2D eigenvalue weighted by Crippen LogP contribution is -2.28. The van der Waals surface area contributed by atoms with E-state index in [-0.39, 0.29) is 44.3 Å². The summed E-state index contributed by atoms with van der Waals surface area (Å²) in [6.07, 6.45) is 2.95. The van der Waals surface area contributed by atoms with E-state index < -0.39 is 9.84 Å². The number of rotatable bonds is 3. The summed E-state index contributed by atoms with van der Waals surface area (Å²) in [7, 11) is -3.99. The number of nitrogens with one attached hydrogen (secondary N) is 2. The van der Waals surface area contributed by atoms with Crippen LogP contribution in [0.3, 0.4) is 0 Å². The van der Waals surface area contributed by atoms with E-state index in [0.29, 0.717) is 10.7 Å². The van der Waals surface area contributed by atoms with E-state index >= 15 is 0 Å². The molecule has 0 radical (unpaired) electrons. The van der Waals surface area contributed by atoms with Crippen LogP contribution in [-0.4, -0.2) is 36.1 Å². The molecule has 0 spiro atoms. The summed E-state index contributed by atoms with van der Waals surface area (Å²) >= 11 is 12.0.